The summed E-state index contributed by atoms with van der Waals surface area (Å²) in [6.45, 7) is 2.32. The van der Waals surface area contributed by atoms with Crippen molar-refractivity contribution in [2.24, 2.45) is 5.92 Å². The van der Waals surface area contributed by atoms with Gasteiger partial charge in [-0.3, -0.25) is 0 Å². The van der Waals surface area contributed by atoms with E-state index >= 15 is 0 Å². The summed E-state index contributed by atoms with van der Waals surface area (Å²) in [6.07, 6.45) is 9.19. The fourth-order valence-electron chi connectivity index (χ4n) is 3.35. The van der Waals surface area contributed by atoms with Crippen LogP contribution in [0.15, 0.2) is 0 Å². The Hall–Kier alpha value is -0.390. The van der Waals surface area contributed by atoms with Crippen molar-refractivity contribution in [3.63, 3.8) is 0 Å². The highest BCUT2D eigenvalue weighted by Crippen LogP contribution is 2.44. The molecule has 1 aromatic rings. The molecule has 110 valence electrons. The summed E-state index contributed by atoms with van der Waals surface area (Å²) in [5.74, 6) is 4.29. The number of aromatic nitrogens is 2. The van der Waals surface area contributed by atoms with Crippen LogP contribution in [0, 0.1) is 9.49 Å². The van der Waals surface area contributed by atoms with E-state index in [0.717, 1.165) is 17.6 Å². The molecular weight excluding hydrogens is 361 g/mol. The van der Waals surface area contributed by atoms with Gasteiger partial charge in [0, 0.05) is 18.9 Å². The third kappa shape index (κ3) is 2.95. The molecule has 4 heteroatoms. The van der Waals surface area contributed by atoms with Crippen molar-refractivity contribution < 1.29 is 0 Å². The first-order valence-electron chi connectivity index (χ1n) is 7.98. The fourth-order valence-corrected chi connectivity index (χ4v) is 4.31. The van der Waals surface area contributed by atoms with Crippen LogP contribution in [0.4, 0.5) is 5.82 Å². The maximum Gasteiger partial charge on any atom is 0.143 e. The summed E-state index contributed by atoms with van der Waals surface area (Å²) in [4.78, 5) is 9.80. The molecule has 2 aliphatic rings. The molecule has 1 aromatic heterocycles. The topological polar surface area (TPSA) is 37.8 Å². The largest absolute Gasteiger partial charge is 0.372 e. The molecule has 0 radical (unpaired) electrons. The first-order valence-corrected chi connectivity index (χ1v) is 9.05. The number of hydrogen-bond donors (Lipinski definition) is 1. The molecule has 2 saturated carbocycles. The molecule has 0 spiro atoms. The van der Waals surface area contributed by atoms with Gasteiger partial charge in [-0.25, -0.2) is 9.97 Å². The molecule has 3 rings (SSSR count). The molecule has 0 amide bonds. The van der Waals surface area contributed by atoms with Gasteiger partial charge in [0.25, 0.3) is 0 Å². The van der Waals surface area contributed by atoms with Gasteiger partial charge in [-0.15, -0.1) is 0 Å². The average Bonchev–Trinajstić information content (AvgIpc) is 3.32. The van der Waals surface area contributed by atoms with Crippen molar-refractivity contribution in [2.45, 2.75) is 63.7 Å². The van der Waals surface area contributed by atoms with Gasteiger partial charge in [0.2, 0.25) is 0 Å². The molecular formula is C16H24IN3. The van der Waals surface area contributed by atoms with Crippen LogP contribution >= 0.6 is 22.6 Å². The Morgan fingerprint density at radius 1 is 1.15 bits per heavy atom. The Bertz CT molecular complexity index is 485. The van der Waals surface area contributed by atoms with Crippen molar-refractivity contribution in [1.29, 1.82) is 0 Å². The smallest absolute Gasteiger partial charge is 0.143 e. The summed E-state index contributed by atoms with van der Waals surface area (Å²) in [5.41, 5.74) is 1.30. The highest BCUT2D eigenvalue weighted by Gasteiger charge is 2.31. The van der Waals surface area contributed by atoms with Gasteiger partial charge in [0.15, 0.2) is 0 Å². The van der Waals surface area contributed by atoms with Crippen LogP contribution in [0.2, 0.25) is 0 Å². The predicted octanol–water partition coefficient (Wildman–Crippen LogP) is 4.68. The van der Waals surface area contributed by atoms with Gasteiger partial charge in [-0.1, -0.05) is 26.2 Å². The van der Waals surface area contributed by atoms with Gasteiger partial charge < -0.3 is 5.32 Å². The molecule has 2 unspecified atom stereocenters. The van der Waals surface area contributed by atoms with E-state index < -0.39 is 0 Å². The SMILES string of the molecule is CCC1CCCC(c2nc(NC)c(I)c(C3CC3)n2)C1. The van der Waals surface area contributed by atoms with E-state index in [1.807, 2.05) is 7.05 Å². The molecule has 3 nitrogen and oxygen atoms in total. The van der Waals surface area contributed by atoms with Crippen LogP contribution < -0.4 is 5.32 Å². The number of nitrogens with zero attached hydrogens (tertiary/aromatic N) is 2. The molecule has 0 saturated heterocycles. The Balaban J connectivity index is 1.90. The van der Waals surface area contributed by atoms with E-state index in [0.29, 0.717) is 11.8 Å². The van der Waals surface area contributed by atoms with E-state index in [1.54, 1.807) is 0 Å². The lowest BCUT2D eigenvalue weighted by Crippen LogP contribution is -2.17. The maximum atomic E-state index is 4.98. The summed E-state index contributed by atoms with van der Waals surface area (Å²) < 4.78 is 1.24. The monoisotopic (exact) mass is 385 g/mol. The molecule has 2 atom stereocenters. The highest BCUT2D eigenvalue weighted by molar-refractivity contribution is 14.1. The van der Waals surface area contributed by atoms with Gasteiger partial charge in [-0.05, 0) is 54.2 Å². The first kappa shape index (κ1) is 14.5. The van der Waals surface area contributed by atoms with Crippen molar-refractivity contribution in [3.05, 3.63) is 15.1 Å². The zero-order chi connectivity index (χ0) is 14.1. The lowest BCUT2D eigenvalue weighted by atomic mass is 9.80. The molecule has 0 aromatic carbocycles. The van der Waals surface area contributed by atoms with E-state index in [1.165, 1.54) is 54.2 Å². The third-order valence-corrected chi connectivity index (χ3v) is 5.88. The highest BCUT2D eigenvalue weighted by atomic mass is 127. The van der Waals surface area contributed by atoms with Crippen molar-refractivity contribution >= 4 is 28.4 Å². The summed E-state index contributed by atoms with van der Waals surface area (Å²) >= 11 is 2.41. The molecule has 2 aliphatic carbocycles. The second kappa shape index (κ2) is 6.16. The van der Waals surface area contributed by atoms with E-state index in [9.17, 15) is 0 Å². The molecule has 20 heavy (non-hydrogen) atoms. The Kier molecular flexibility index (Phi) is 4.48. The second-order valence-corrected chi connectivity index (χ2v) is 7.37. The van der Waals surface area contributed by atoms with Crippen molar-refractivity contribution in [3.8, 4) is 0 Å². The number of halogens is 1. The van der Waals surface area contributed by atoms with Crippen LogP contribution in [-0.4, -0.2) is 17.0 Å². The number of hydrogen-bond acceptors (Lipinski definition) is 3. The Morgan fingerprint density at radius 2 is 1.95 bits per heavy atom. The molecule has 0 bridgehead atoms. The maximum absolute atomic E-state index is 4.98. The Labute approximate surface area is 135 Å². The van der Waals surface area contributed by atoms with E-state index in [2.05, 4.69) is 34.8 Å². The minimum absolute atomic E-state index is 0.579. The van der Waals surface area contributed by atoms with Gasteiger partial charge in [0.1, 0.15) is 11.6 Å². The number of nitrogens with one attached hydrogen (secondary N) is 1. The van der Waals surface area contributed by atoms with Gasteiger partial charge in [0.05, 0.1) is 9.26 Å². The minimum Gasteiger partial charge on any atom is -0.372 e. The van der Waals surface area contributed by atoms with Crippen molar-refractivity contribution in [2.75, 3.05) is 12.4 Å². The van der Waals surface area contributed by atoms with Crippen LogP contribution in [0.3, 0.4) is 0 Å². The summed E-state index contributed by atoms with van der Waals surface area (Å²) in [6, 6.07) is 0. The standard InChI is InChI=1S/C16H24IN3/c1-3-10-5-4-6-12(9-10)15-19-14(11-7-8-11)13(17)16(18-2)20-15/h10-12H,3-9H2,1-2H3,(H,18,19,20). The van der Waals surface area contributed by atoms with Crippen molar-refractivity contribution in [1.82, 2.24) is 9.97 Å². The van der Waals surface area contributed by atoms with Crippen LogP contribution in [-0.2, 0) is 0 Å². The number of rotatable bonds is 4. The minimum atomic E-state index is 0.579. The van der Waals surface area contributed by atoms with Crippen LogP contribution in [0.5, 0.6) is 0 Å². The molecule has 2 fully saturated rings. The number of anilines is 1. The van der Waals surface area contributed by atoms with E-state index in [4.69, 9.17) is 9.97 Å². The quantitative estimate of drug-likeness (QED) is 0.765. The predicted molar refractivity (Wildman–Crippen MR) is 91.3 cm³/mol. The van der Waals surface area contributed by atoms with Gasteiger partial charge >= 0.3 is 0 Å². The Morgan fingerprint density at radius 3 is 2.60 bits per heavy atom. The molecule has 1 N–H and O–H groups in total. The first-order chi connectivity index (χ1) is 9.72. The summed E-state index contributed by atoms with van der Waals surface area (Å²) in [5, 5.41) is 3.26. The van der Waals surface area contributed by atoms with E-state index in [-0.39, 0.29) is 0 Å². The average molecular weight is 385 g/mol. The molecule has 1 heterocycles. The normalized spacial score (nSPS) is 26.6. The third-order valence-electron chi connectivity index (χ3n) is 4.82. The fraction of sp³-hybridized carbons (Fsp3) is 0.750. The van der Waals surface area contributed by atoms with Crippen LogP contribution in [0.1, 0.15) is 75.2 Å². The molecule has 0 aliphatic heterocycles. The van der Waals surface area contributed by atoms with Gasteiger partial charge in [-0.2, -0.15) is 0 Å². The van der Waals surface area contributed by atoms with Crippen LogP contribution in [0.25, 0.3) is 0 Å². The zero-order valence-corrected chi connectivity index (χ0v) is 14.6. The second-order valence-electron chi connectivity index (χ2n) is 6.29. The lowest BCUT2D eigenvalue weighted by molar-refractivity contribution is 0.307. The lowest BCUT2D eigenvalue weighted by Gasteiger charge is -2.28. The summed E-state index contributed by atoms with van der Waals surface area (Å²) in [7, 11) is 1.97. The zero-order valence-electron chi connectivity index (χ0n) is 12.5.